The molecule has 0 fully saturated rings. The molecule has 7 nitrogen and oxygen atoms in total. The molecule has 2 N–H and O–H groups in total. The van der Waals surface area contributed by atoms with Crippen LogP contribution >= 0.6 is 0 Å². The number of likely N-dealkylation sites (N-methyl/N-ethyl adjacent to an activating group) is 1. The summed E-state index contributed by atoms with van der Waals surface area (Å²) >= 11 is 0. The van der Waals surface area contributed by atoms with Gasteiger partial charge in [0.2, 0.25) is 0 Å². The van der Waals surface area contributed by atoms with Crippen LogP contribution in [0.25, 0.3) is 0 Å². The van der Waals surface area contributed by atoms with E-state index in [4.69, 9.17) is 0 Å². The van der Waals surface area contributed by atoms with Crippen molar-refractivity contribution in [3.05, 3.63) is 22.2 Å². The Bertz CT molecular complexity index is 394. The highest BCUT2D eigenvalue weighted by Crippen LogP contribution is 2.19. The van der Waals surface area contributed by atoms with Crippen LogP contribution in [0.1, 0.15) is 0 Å². The Morgan fingerprint density at radius 2 is 2.06 bits per heavy atom. The van der Waals surface area contributed by atoms with Crippen LogP contribution in [-0.2, 0) is 0 Å². The highest BCUT2D eigenvalue weighted by Gasteiger charge is 2.10. The molecule has 0 radical (unpaired) electrons. The minimum absolute atomic E-state index is 0.0247. The molecular weight excluding hydrogens is 222 g/mol. The van der Waals surface area contributed by atoms with Crippen LogP contribution in [-0.4, -0.2) is 49.0 Å². The zero-order valence-electron chi connectivity index (χ0n) is 10.2. The van der Waals surface area contributed by atoms with Crippen LogP contribution in [0.15, 0.2) is 12.1 Å². The van der Waals surface area contributed by atoms with E-state index in [-0.39, 0.29) is 5.69 Å². The number of aromatic nitrogens is 1. The first kappa shape index (κ1) is 13.2. The van der Waals surface area contributed by atoms with E-state index in [2.05, 4.69) is 15.6 Å². The monoisotopic (exact) mass is 239 g/mol. The molecule has 1 rings (SSSR count). The van der Waals surface area contributed by atoms with Crippen molar-refractivity contribution in [1.82, 2.24) is 9.88 Å². The molecule has 1 heterocycles. The number of hydrogen-bond acceptors (Lipinski definition) is 6. The van der Waals surface area contributed by atoms with Crippen molar-refractivity contribution in [3.8, 4) is 0 Å². The van der Waals surface area contributed by atoms with Gasteiger partial charge in [-0.15, -0.1) is 0 Å². The normalized spacial score (nSPS) is 10.4. The second kappa shape index (κ2) is 6.00. The summed E-state index contributed by atoms with van der Waals surface area (Å²) in [5, 5.41) is 16.6. The van der Waals surface area contributed by atoms with E-state index >= 15 is 0 Å². The van der Waals surface area contributed by atoms with Gasteiger partial charge in [0.05, 0.1) is 17.1 Å². The molecule has 1 aromatic rings. The minimum Gasteiger partial charge on any atom is -0.373 e. The summed E-state index contributed by atoms with van der Waals surface area (Å²) in [6.45, 7) is 1.52. The Morgan fingerprint density at radius 3 is 2.59 bits per heavy atom. The molecule has 0 unspecified atom stereocenters. The Hall–Kier alpha value is -1.89. The third-order valence-electron chi connectivity index (χ3n) is 2.14. The van der Waals surface area contributed by atoms with Crippen LogP contribution in [0.3, 0.4) is 0 Å². The van der Waals surface area contributed by atoms with Gasteiger partial charge in [-0.1, -0.05) is 0 Å². The summed E-state index contributed by atoms with van der Waals surface area (Å²) in [6, 6.07) is 2.83. The first-order valence-electron chi connectivity index (χ1n) is 5.25. The van der Waals surface area contributed by atoms with E-state index < -0.39 is 4.92 Å². The molecular formula is C10H17N5O2. The standard InChI is InChI=1S/C10H17N5O2/c1-11-9-6-8(15(16)17)7-10(13-9)12-4-5-14(2)3/h6-7H,4-5H2,1-3H3,(H2,11,12,13). The molecule has 0 aliphatic carbocycles. The maximum atomic E-state index is 10.7. The first-order chi connectivity index (χ1) is 8.02. The highest BCUT2D eigenvalue weighted by atomic mass is 16.6. The van der Waals surface area contributed by atoms with E-state index in [0.29, 0.717) is 18.2 Å². The lowest BCUT2D eigenvalue weighted by atomic mass is 10.3. The Labute approximate surface area is 100.0 Å². The summed E-state index contributed by atoms with van der Waals surface area (Å²) in [5.74, 6) is 0.983. The maximum Gasteiger partial charge on any atom is 0.276 e. The number of nitrogens with zero attached hydrogens (tertiary/aromatic N) is 3. The third-order valence-corrected chi connectivity index (χ3v) is 2.14. The number of pyridine rings is 1. The van der Waals surface area contributed by atoms with Crippen molar-refractivity contribution in [2.45, 2.75) is 0 Å². The van der Waals surface area contributed by atoms with Gasteiger partial charge in [0.15, 0.2) is 0 Å². The molecule has 17 heavy (non-hydrogen) atoms. The maximum absolute atomic E-state index is 10.7. The summed E-state index contributed by atoms with van der Waals surface area (Å²) in [7, 11) is 5.60. The number of hydrogen-bond donors (Lipinski definition) is 2. The highest BCUT2D eigenvalue weighted by molar-refractivity contribution is 5.54. The molecule has 0 spiro atoms. The number of nitrogens with one attached hydrogen (secondary N) is 2. The molecule has 0 amide bonds. The number of nitro groups is 1. The number of rotatable bonds is 6. The molecule has 94 valence electrons. The van der Waals surface area contributed by atoms with Gasteiger partial charge in [-0.25, -0.2) is 4.98 Å². The van der Waals surface area contributed by atoms with Gasteiger partial charge in [-0.05, 0) is 14.1 Å². The van der Waals surface area contributed by atoms with E-state index in [1.165, 1.54) is 12.1 Å². The minimum atomic E-state index is -0.431. The first-order valence-corrected chi connectivity index (χ1v) is 5.25. The molecule has 0 saturated heterocycles. The summed E-state index contributed by atoms with van der Waals surface area (Å²) < 4.78 is 0. The lowest BCUT2D eigenvalue weighted by Crippen LogP contribution is -2.21. The molecule has 0 aliphatic rings. The molecule has 1 aromatic heterocycles. The van der Waals surface area contributed by atoms with Crippen molar-refractivity contribution in [2.75, 3.05) is 44.9 Å². The summed E-state index contributed by atoms with van der Waals surface area (Å²) in [4.78, 5) is 16.5. The van der Waals surface area contributed by atoms with Crippen LogP contribution in [0, 0.1) is 10.1 Å². The SMILES string of the molecule is CNc1cc([N+](=O)[O-])cc(NCCN(C)C)n1. The fourth-order valence-corrected chi connectivity index (χ4v) is 1.25. The largest absolute Gasteiger partial charge is 0.373 e. The topological polar surface area (TPSA) is 83.3 Å². The lowest BCUT2D eigenvalue weighted by molar-refractivity contribution is -0.384. The van der Waals surface area contributed by atoms with Crippen LogP contribution in [0.4, 0.5) is 17.3 Å². The Kier molecular flexibility index (Phi) is 4.65. The quantitative estimate of drug-likeness (QED) is 0.569. The fourth-order valence-electron chi connectivity index (χ4n) is 1.25. The molecule has 0 aromatic carbocycles. The van der Waals surface area contributed by atoms with Crippen LogP contribution in [0.2, 0.25) is 0 Å². The van der Waals surface area contributed by atoms with Crippen molar-refractivity contribution in [1.29, 1.82) is 0 Å². The lowest BCUT2D eigenvalue weighted by Gasteiger charge is -2.11. The van der Waals surface area contributed by atoms with E-state index in [9.17, 15) is 10.1 Å². The van der Waals surface area contributed by atoms with Gasteiger partial charge in [-0.3, -0.25) is 10.1 Å². The summed E-state index contributed by atoms with van der Waals surface area (Å²) in [6.07, 6.45) is 0. The van der Waals surface area contributed by atoms with Gasteiger partial charge in [-0.2, -0.15) is 0 Å². The van der Waals surface area contributed by atoms with Crippen molar-refractivity contribution < 1.29 is 4.92 Å². The molecule has 0 bridgehead atoms. The fraction of sp³-hybridized carbons (Fsp3) is 0.500. The average molecular weight is 239 g/mol. The molecule has 0 saturated carbocycles. The number of anilines is 2. The predicted octanol–water partition coefficient (Wildman–Crippen LogP) is 1.00. The van der Waals surface area contributed by atoms with Gasteiger partial charge in [0.1, 0.15) is 11.6 Å². The predicted molar refractivity (Wildman–Crippen MR) is 67.5 cm³/mol. The molecule has 7 heteroatoms. The average Bonchev–Trinajstić information content (AvgIpc) is 2.28. The van der Waals surface area contributed by atoms with E-state index in [1.54, 1.807) is 7.05 Å². The zero-order valence-corrected chi connectivity index (χ0v) is 10.2. The van der Waals surface area contributed by atoms with Gasteiger partial charge < -0.3 is 15.5 Å². The van der Waals surface area contributed by atoms with Gasteiger partial charge in [0.25, 0.3) is 5.69 Å². The third kappa shape index (κ3) is 4.23. The van der Waals surface area contributed by atoms with Crippen molar-refractivity contribution >= 4 is 17.3 Å². The summed E-state index contributed by atoms with van der Waals surface area (Å²) in [5.41, 5.74) is 0.0247. The Balaban J connectivity index is 2.76. The van der Waals surface area contributed by atoms with Crippen molar-refractivity contribution in [2.24, 2.45) is 0 Å². The second-order valence-electron chi connectivity index (χ2n) is 3.83. The van der Waals surface area contributed by atoms with Crippen LogP contribution in [0.5, 0.6) is 0 Å². The van der Waals surface area contributed by atoms with E-state index in [1.807, 2.05) is 19.0 Å². The molecule has 0 aliphatic heterocycles. The smallest absolute Gasteiger partial charge is 0.276 e. The van der Waals surface area contributed by atoms with E-state index in [0.717, 1.165) is 6.54 Å². The Morgan fingerprint density at radius 1 is 1.41 bits per heavy atom. The molecule has 0 atom stereocenters. The van der Waals surface area contributed by atoms with Gasteiger partial charge in [0, 0.05) is 20.1 Å². The van der Waals surface area contributed by atoms with Crippen molar-refractivity contribution in [3.63, 3.8) is 0 Å². The van der Waals surface area contributed by atoms with Gasteiger partial charge >= 0.3 is 0 Å². The zero-order chi connectivity index (χ0) is 12.8. The van der Waals surface area contributed by atoms with Crippen LogP contribution < -0.4 is 10.6 Å². The second-order valence-corrected chi connectivity index (χ2v) is 3.83.